The van der Waals surface area contributed by atoms with Crippen LogP contribution in [0.2, 0.25) is 0 Å². The summed E-state index contributed by atoms with van der Waals surface area (Å²) < 4.78 is 1.67. The molecule has 0 radical (unpaired) electrons. The number of aromatic hydroxyl groups is 1. The van der Waals surface area contributed by atoms with Gasteiger partial charge in [-0.25, -0.2) is 4.98 Å². The van der Waals surface area contributed by atoms with Crippen molar-refractivity contribution in [1.29, 1.82) is 0 Å². The van der Waals surface area contributed by atoms with E-state index in [1.165, 1.54) is 6.33 Å². The van der Waals surface area contributed by atoms with Gasteiger partial charge >= 0.3 is 0 Å². The first-order valence-corrected chi connectivity index (χ1v) is 4.08. The maximum atomic E-state index is 10.4. The summed E-state index contributed by atoms with van der Waals surface area (Å²) in [7, 11) is 0. The number of imidazole rings is 1. The molecule has 0 bridgehead atoms. The number of aldehydes is 1. The molecule has 1 aromatic heterocycles. The first-order chi connectivity index (χ1) is 6.79. The van der Waals surface area contributed by atoms with Crippen molar-refractivity contribution in [2.45, 2.75) is 0 Å². The smallest absolute Gasteiger partial charge is 0.170 e. The molecule has 4 heteroatoms. The van der Waals surface area contributed by atoms with Gasteiger partial charge in [-0.3, -0.25) is 4.79 Å². The predicted octanol–water partition coefficient (Wildman–Crippen LogP) is 1.39. The standard InChI is InChI=1S/C10H8N2O2/c13-6-8-5-12(7-11-8)9-2-1-3-10(14)4-9/h1-7,14H. The van der Waals surface area contributed by atoms with Gasteiger partial charge in [-0.15, -0.1) is 0 Å². The molecule has 1 heterocycles. The van der Waals surface area contributed by atoms with Gasteiger partial charge in [-0.1, -0.05) is 6.07 Å². The highest BCUT2D eigenvalue weighted by Crippen LogP contribution is 2.14. The van der Waals surface area contributed by atoms with Crippen molar-refractivity contribution in [2.75, 3.05) is 0 Å². The highest BCUT2D eigenvalue weighted by atomic mass is 16.3. The fourth-order valence-corrected chi connectivity index (χ4v) is 1.19. The summed E-state index contributed by atoms with van der Waals surface area (Å²) in [4.78, 5) is 14.2. The zero-order valence-electron chi connectivity index (χ0n) is 7.29. The van der Waals surface area contributed by atoms with Crippen molar-refractivity contribution in [3.8, 4) is 11.4 Å². The minimum absolute atomic E-state index is 0.184. The number of aromatic nitrogens is 2. The minimum Gasteiger partial charge on any atom is -0.508 e. The van der Waals surface area contributed by atoms with Gasteiger partial charge in [0.05, 0.1) is 5.69 Å². The van der Waals surface area contributed by atoms with Crippen LogP contribution in [-0.2, 0) is 0 Å². The Kier molecular flexibility index (Phi) is 2.02. The fraction of sp³-hybridized carbons (Fsp3) is 0. The minimum atomic E-state index is 0.184. The lowest BCUT2D eigenvalue weighted by Gasteiger charge is -2.00. The summed E-state index contributed by atoms with van der Waals surface area (Å²) in [6.07, 6.45) is 3.81. The maximum absolute atomic E-state index is 10.4. The Morgan fingerprint density at radius 1 is 1.43 bits per heavy atom. The zero-order valence-corrected chi connectivity index (χ0v) is 7.29. The van der Waals surface area contributed by atoms with Gasteiger partial charge in [0.2, 0.25) is 0 Å². The van der Waals surface area contributed by atoms with Crippen LogP contribution in [0.4, 0.5) is 0 Å². The maximum Gasteiger partial charge on any atom is 0.170 e. The molecule has 0 spiro atoms. The van der Waals surface area contributed by atoms with E-state index in [1.807, 2.05) is 6.07 Å². The van der Waals surface area contributed by atoms with E-state index in [-0.39, 0.29) is 5.75 Å². The lowest BCUT2D eigenvalue weighted by Crippen LogP contribution is -1.88. The van der Waals surface area contributed by atoms with E-state index in [1.54, 1.807) is 29.0 Å². The van der Waals surface area contributed by atoms with Crippen LogP contribution in [0.1, 0.15) is 10.5 Å². The molecule has 0 aliphatic carbocycles. The van der Waals surface area contributed by atoms with Crippen LogP contribution in [0.5, 0.6) is 5.75 Å². The number of rotatable bonds is 2. The van der Waals surface area contributed by atoms with Crippen molar-refractivity contribution in [1.82, 2.24) is 9.55 Å². The molecule has 0 aliphatic heterocycles. The Morgan fingerprint density at radius 3 is 2.93 bits per heavy atom. The third-order valence-corrected chi connectivity index (χ3v) is 1.85. The van der Waals surface area contributed by atoms with Crippen LogP contribution in [-0.4, -0.2) is 20.9 Å². The summed E-state index contributed by atoms with van der Waals surface area (Å²) in [5.41, 5.74) is 1.14. The summed E-state index contributed by atoms with van der Waals surface area (Å²) in [5.74, 6) is 0.184. The van der Waals surface area contributed by atoms with Crippen molar-refractivity contribution in [3.05, 3.63) is 42.5 Å². The number of nitrogens with zero attached hydrogens (tertiary/aromatic N) is 2. The molecular formula is C10H8N2O2. The second-order valence-electron chi connectivity index (χ2n) is 2.84. The fourth-order valence-electron chi connectivity index (χ4n) is 1.19. The van der Waals surface area contributed by atoms with Crippen LogP contribution in [0, 0.1) is 0 Å². The molecule has 0 saturated heterocycles. The highest BCUT2D eigenvalue weighted by Gasteiger charge is 1.99. The third-order valence-electron chi connectivity index (χ3n) is 1.85. The Morgan fingerprint density at radius 2 is 2.29 bits per heavy atom. The molecular weight excluding hydrogens is 180 g/mol. The van der Waals surface area contributed by atoms with Gasteiger partial charge in [-0.05, 0) is 12.1 Å². The van der Waals surface area contributed by atoms with E-state index >= 15 is 0 Å². The SMILES string of the molecule is O=Cc1cn(-c2cccc(O)c2)cn1. The van der Waals surface area contributed by atoms with Crippen molar-refractivity contribution >= 4 is 6.29 Å². The van der Waals surface area contributed by atoms with Gasteiger partial charge < -0.3 is 9.67 Å². The molecule has 0 unspecified atom stereocenters. The molecule has 0 aliphatic rings. The van der Waals surface area contributed by atoms with Gasteiger partial charge in [0.1, 0.15) is 17.8 Å². The molecule has 1 N–H and O–H groups in total. The first-order valence-electron chi connectivity index (χ1n) is 4.08. The summed E-state index contributed by atoms with van der Waals surface area (Å²) in [5, 5.41) is 9.24. The predicted molar refractivity (Wildman–Crippen MR) is 50.6 cm³/mol. The Balaban J connectivity index is 2.43. The van der Waals surface area contributed by atoms with Gasteiger partial charge in [-0.2, -0.15) is 0 Å². The van der Waals surface area contributed by atoms with Crippen LogP contribution in [0.15, 0.2) is 36.8 Å². The van der Waals surface area contributed by atoms with E-state index in [0.29, 0.717) is 12.0 Å². The number of benzene rings is 1. The summed E-state index contributed by atoms with van der Waals surface area (Å²) >= 11 is 0. The molecule has 70 valence electrons. The monoisotopic (exact) mass is 188 g/mol. The Labute approximate surface area is 80.4 Å². The second kappa shape index (κ2) is 3.33. The molecule has 0 amide bonds. The number of phenols is 1. The van der Waals surface area contributed by atoms with Crippen molar-refractivity contribution in [3.63, 3.8) is 0 Å². The lowest BCUT2D eigenvalue weighted by atomic mass is 10.3. The number of hydrogen-bond donors (Lipinski definition) is 1. The quantitative estimate of drug-likeness (QED) is 0.724. The van der Waals surface area contributed by atoms with Gasteiger partial charge in [0.15, 0.2) is 6.29 Å². The number of phenolic OH excluding ortho intramolecular Hbond substituents is 1. The molecule has 1 aromatic carbocycles. The van der Waals surface area contributed by atoms with Gasteiger partial charge in [0, 0.05) is 12.3 Å². The van der Waals surface area contributed by atoms with E-state index in [0.717, 1.165) is 5.69 Å². The van der Waals surface area contributed by atoms with Crippen molar-refractivity contribution < 1.29 is 9.90 Å². The Bertz CT molecular complexity index is 463. The van der Waals surface area contributed by atoms with Crippen LogP contribution in [0.25, 0.3) is 5.69 Å². The average molecular weight is 188 g/mol. The largest absolute Gasteiger partial charge is 0.508 e. The van der Waals surface area contributed by atoms with E-state index in [2.05, 4.69) is 4.98 Å². The average Bonchev–Trinajstić information content (AvgIpc) is 2.66. The topological polar surface area (TPSA) is 55.1 Å². The van der Waals surface area contributed by atoms with E-state index < -0.39 is 0 Å². The van der Waals surface area contributed by atoms with Crippen molar-refractivity contribution in [2.24, 2.45) is 0 Å². The molecule has 0 saturated carbocycles. The first kappa shape index (κ1) is 8.50. The highest BCUT2D eigenvalue weighted by molar-refractivity contribution is 5.71. The van der Waals surface area contributed by atoms with Crippen LogP contribution in [0.3, 0.4) is 0 Å². The normalized spacial score (nSPS) is 10.0. The van der Waals surface area contributed by atoms with E-state index in [9.17, 15) is 9.90 Å². The number of hydrogen-bond acceptors (Lipinski definition) is 3. The van der Waals surface area contributed by atoms with E-state index in [4.69, 9.17) is 0 Å². The number of carbonyl (C=O) groups is 1. The summed E-state index contributed by atoms with van der Waals surface area (Å²) in [6.45, 7) is 0. The molecule has 2 rings (SSSR count). The molecule has 4 nitrogen and oxygen atoms in total. The number of carbonyl (C=O) groups excluding carboxylic acids is 1. The molecule has 2 aromatic rings. The molecule has 0 fully saturated rings. The van der Waals surface area contributed by atoms with Gasteiger partial charge in [0.25, 0.3) is 0 Å². The van der Waals surface area contributed by atoms with Crippen LogP contribution < -0.4 is 0 Å². The van der Waals surface area contributed by atoms with Crippen LogP contribution >= 0.6 is 0 Å². The lowest BCUT2D eigenvalue weighted by molar-refractivity contribution is 0.111. The second-order valence-corrected chi connectivity index (χ2v) is 2.84. The molecule has 0 atom stereocenters. The third kappa shape index (κ3) is 1.50. The summed E-state index contributed by atoms with van der Waals surface area (Å²) in [6, 6.07) is 6.72. The zero-order chi connectivity index (χ0) is 9.97. The Hall–Kier alpha value is -2.10. The molecule has 14 heavy (non-hydrogen) atoms.